The molecule has 24 heavy (non-hydrogen) atoms. The van der Waals surface area contributed by atoms with Crippen LogP contribution < -0.4 is 4.74 Å². The van der Waals surface area contributed by atoms with Gasteiger partial charge in [-0.3, -0.25) is 0 Å². The Morgan fingerprint density at radius 3 is 2.42 bits per heavy atom. The van der Waals surface area contributed by atoms with Crippen LogP contribution in [0.2, 0.25) is 0 Å². The van der Waals surface area contributed by atoms with Crippen molar-refractivity contribution in [3.05, 3.63) is 24.3 Å². The molecule has 1 aliphatic rings. The van der Waals surface area contributed by atoms with Crippen molar-refractivity contribution in [2.45, 2.75) is 10.3 Å². The summed E-state index contributed by atoms with van der Waals surface area (Å²) in [5.74, 6) is 1.35. The standard InChI is InChI=1S/C14H21NO6S3/c1-20-8-9-21-12-3-5-13(6-4-12)24(18,19)15-7-10-22-11-14(15)23(2,16)17/h3-6,14H,7-11H2,1-2H3/t14-/m1/s1. The Bertz CT molecular complexity index is 745. The van der Waals surface area contributed by atoms with Crippen LogP contribution in [0.25, 0.3) is 0 Å². The van der Waals surface area contributed by atoms with Crippen LogP contribution in [0, 0.1) is 0 Å². The van der Waals surface area contributed by atoms with Gasteiger partial charge < -0.3 is 9.47 Å². The van der Waals surface area contributed by atoms with Gasteiger partial charge in [0.2, 0.25) is 10.0 Å². The van der Waals surface area contributed by atoms with Crippen LogP contribution >= 0.6 is 11.8 Å². The highest BCUT2D eigenvalue weighted by Gasteiger charge is 2.39. The fraction of sp³-hybridized carbons (Fsp3) is 0.571. The Morgan fingerprint density at radius 2 is 1.83 bits per heavy atom. The molecular formula is C14H21NO6S3. The van der Waals surface area contributed by atoms with Crippen molar-refractivity contribution in [3.8, 4) is 5.75 Å². The molecule has 1 aromatic carbocycles. The van der Waals surface area contributed by atoms with Crippen molar-refractivity contribution in [1.29, 1.82) is 0 Å². The molecule has 0 spiro atoms. The number of benzene rings is 1. The van der Waals surface area contributed by atoms with Crippen LogP contribution in [0.1, 0.15) is 0 Å². The van der Waals surface area contributed by atoms with Gasteiger partial charge in [0.05, 0.1) is 11.5 Å². The molecule has 1 saturated heterocycles. The first-order valence-electron chi connectivity index (χ1n) is 7.27. The van der Waals surface area contributed by atoms with Crippen LogP contribution in [0.4, 0.5) is 0 Å². The molecule has 0 bridgehead atoms. The zero-order valence-corrected chi connectivity index (χ0v) is 16.0. The van der Waals surface area contributed by atoms with Crippen molar-refractivity contribution >= 4 is 31.6 Å². The van der Waals surface area contributed by atoms with E-state index in [1.807, 2.05) is 0 Å². The maximum Gasteiger partial charge on any atom is 0.244 e. The zero-order valence-electron chi connectivity index (χ0n) is 13.5. The molecule has 7 nitrogen and oxygen atoms in total. The number of thioether (sulfide) groups is 1. The van der Waals surface area contributed by atoms with Gasteiger partial charge in [0.15, 0.2) is 9.84 Å². The van der Waals surface area contributed by atoms with Gasteiger partial charge in [0.1, 0.15) is 17.7 Å². The van der Waals surface area contributed by atoms with Gasteiger partial charge in [-0.1, -0.05) is 0 Å². The van der Waals surface area contributed by atoms with E-state index in [0.717, 1.165) is 10.6 Å². The summed E-state index contributed by atoms with van der Waals surface area (Å²) >= 11 is 1.44. The van der Waals surface area contributed by atoms with Crippen LogP contribution in [0.3, 0.4) is 0 Å². The number of nitrogens with zero attached hydrogens (tertiary/aromatic N) is 1. The molecule has 0 amide bonds. The number of ether oxygens (including phenoxy) is 2. The lowest BCUT2D eigenvalue weighted by Gasteiger charge is -2.32. The van der Waals surface area contributed by atoms with E-state index in [1.54, 1.807) is 19.2 Å². The summed E-state index contributed by atoms with van der Waals surface area (Å²) in [7, 11) is -5.81. The first kappa shape index (κ1) is 19.5. The number of hydrogen-bond donors (Lipinski definition) is 0. The lowest BCUT2D eigenvalue weighted by Crippen LogP contribution is -2.49. The third-order valence-corrected chi connectivity index (χ3v) is 8.22. The molecule has 1 aliphatic heterocycles. The van der Waals surface area contributed by atoms with Crippen LogP contribution in [-0.2, 0) is 24.6 Å². The van der Waals surface area contributed by atoms with E-state index in [0.29, 0.717) is 24.7 Å². The number of hydrogen-bond acceptors (Lipinski definition) is 7. The van der Waals surface area contributed by atoms with Crippen LogP contribution in [-0.4, -0.2) is 71.1 Å². The van der Waals surface area contributed by atoms with Gasteiger partial charge in [0.25, 0.3) is 0 Å². The summed E-state index contributed by atoms with van der Waals surface area (Å²) in [4.78, 5) is 0.0575. The molecule has 0 saturated carbocycles. The lowest BCUT2D eigenvalue weighted by molar-refractivity contribution is 0.146. The monoisotopic (exact) mass is 395 g/mol. The number of sulfonamides is 1. The van der Waals surface area contributed by atoms with Gasteiger partial charge in [-0.25, -0.2) is 16.8 Å². The highest BCUT2D eigenvalue weighted by Crippen LogP contribution is 2.28. The summed E-state index contributed by atoms with van der Waals surface area (Å²) in [6.07, 6.45) is 1.07. The summed E-state index contributed by atoms with van der Waals surface area (Å²) in [5, 5.41) is -1.03. The molecule has 0 aromatic heterocycles. The topological polar surface area (TPSA) is 90.0 Å². The average molecular weight is 396 g/mol. The quantitative estimate of drug-likeness (QED) is 0.631. The Morgan fingerprint density at radius 1 is 1.17 bits per heavy atom. The third-order valence-electron chi connectivity index (χ3n) is 3.52. The van der Waals surface area contributed by atoms with Crippen molar-refractivity contribution in [2.24, 2.45) is 0 Å². The second-order valence-corrected chi connectivity index (χ2v) is 10.5. The van der Waals surface area contributed by atoms with Crippen molar-refractivity contribution in [3.63, 3.8) is 0 Å². The van der Waals surface area contributed by atoms with E-state index in [2.05, 4.69) is 0 Å². The summed E-state index contributed by atoms with van der Waals surface area (Å²) < 4.78 is 60.8. The highest BCUT2D eigenvalue weighted by atomic mass is 32.2. The summed E-state index contributed by atoms with van der Waals surface area (Å²) in [5.41, 5.74) is 0. The number of methoxy groups -OCH3 is 1. The zero-order chi connectivity index (χ0) is 17.8. The van der Waals surface area contributed by atoms with Gasteiger partial charge in [0, 0.05) is 31.4 Å². The second-order valence-electron chi connectivity index (χ2n) is 5.29. The third kappa shape index (κ3) is 4.63. The smallest absolute Gasteiger partial charge is 0.244 e. The minimum Gasteiger partial charge on any atom is -0.491 e. The van der Waals surface area contributed by atoms with E-state index >= 15 is 0 Å². The first-order chi connectivity index (χ1) is 11.3. The lowest BCUT2D eigenvalue weighted by atomic mass is 10.3. The number of sulfone groups is 1. The van der Waals surface area contributed by atoms with Crippen molar-refractivity contribution in [1.82, 2.24) is 4.31 Å². The predicted molar refractivity (Wildman–Crippen MR) is 93.7 cm³/mol. The second kappa shape index (κ2) is 8.05. The van der Waals surface area contributed by atoms with Crippen molar-refractivity contribution < 1.29 is 26.3 Å². The minimum atomic E-state index is -3.88. The molecule has 0 aliphatic carbocycles. The summed E-state index contributed by atoms with van der Waals surface area (Å²) in [6, 6.07) is 5.96. The van der Waals surface area contributed by atoms with E-state index in [-0.39, 0.29) is 17.2 Å². The highest BCUT2D eigenvalue weighted by molar-refractivity contribution is 8.01. The first-order valence-corrected chi connectivity index (χ1v) is 11.8. The molecule has 0 unspecified atom stereocenters. The fourth-order valence-electron chi connectivity index (χ4n) is 2.26. The minimum absolute atomic E-state index is 0.0575. The van der Waals surface area contributed by atoms with Crippen molar-refractivity contribution in [2.75, 3.05) is 44.6 Å². The largest absolute Gasteiger partial charge is 0.491 e. The van der Waals surface area contributed by atoms with Crippen LogP contribution in [0.15, 0.2) is 29.2 Å². The van der Waals surface area contributed by atoms with Gasteiger partial charge in [-0.05, 0) is 24.3 Å². The normalized spacial score (nSPS) is 20.0. The Kier molecular flexibility index (Phi) is 6.54. The Labute approximate surface area is 147 Å². The maximum absolute atomic E-state index is 12.8. The van der Waals surface area contributed by atoms with E-state index in [1.165, 1.54) is 23.9 Å². The molecule has 1 atom stereocenters. The maximum atomic E-state index is 12.8. The Balaban J connectivity index is 2.22. The molecule has 1 fully saturated rings. The number of rotatable bonds is 7. The SMILES string of the molecule is COCCOc1ccc(S(=O)(=O)N2CCSC[C@H]2S(C)(=O)=O)cc1. The van der Waals surface area contributed by atoms with Crippen LogP contribution in [0.5, 0.6) is 5.75 Å². The predicted octanol–water partition coefficient (Wildman–Crippen LogP) is 0.820. The fourth-order valence-corrected chi connectivity index (χ4v) is 7.43. The molecular weight excluding hydrogens is 374 g/mol. The van der Waals surface area contributed by atoms with Gasteiger partial charge in [-0.2, -0.15) is 16.1 Å². The molecule has 136 valence electrons. The van der Waals surface area contributed by atoms with E-state index in [4.69, 9.17) is 9.47 Å². The van der Waals surface area contributed by atoms with E-state index in [9.17, 15) is 16.8 Å². The molecule has 0 radical (unpaired) electrons. The van der Waals surface area contributed by atoms with Gasteiger partial charge >= 0.3 is 0 Å². The summed E-state index contributed by atoms with van der Waals surface area (Å²) in [6.45, 7) is 0.973. The van der Waals surface area contributed by atoms with Gasteiger partial charge in [-0.15, -0.1) is 0 Å². The van der Waals surface area contributed by atoms with E-state index < -0.39 is 25.2 Å². The molecule has 1 heterocycles. The molecule has 1 aromatic rings. The molecule has 10 heteroatoms. The average Bonchev–Trinajstić information content (AvgIpc) is 2.55. The molecule has 2 rings (SSSR count). The Hall–Kier alpha value is -0.810. The molecule has 0 N–H and O–H groups in total.